The molecular formula is C18H21N3O6. The van der Waals surface area contributed by atoms with Crippen LogP contribution >= 0.6 is 0 Å². The molecule has 9 heteroatoms. The maximum Gasteiger partial charge on any atom is 0.336 e. The van der Waals surface area contributed by atoms with Crippen LogP contribution in [0.15, 0.2) is 40.5 Å². The summed E-state index contributed by atoms with van der Waals surface area (Å²) in [6.45, 7) is 5.11. The summed E-state index contributed by atoms with van der Waals surface area (Å²) in [7, 11) is 0. The molecule has 0 spiro atoms. The molecule has 1 heterocycles. The highest BCUT2D eigenvalue weighted by atomic mass is 16.6. The average Bonchev–Trinajstić information content (AvgIpc) is 2.61. The smallest absolute Gasteiger partial charge is 0.336 e. The number of esters is 2. The summed E-state index contributed by atoms with van der Waals surface area (Å²) in [5.41, 5.74) is 6.62. The Morgan fingerprint density at radius 1 is 1.26 bits per heavy atom. The van der Waals surface area contributed by atoms with Crippen molar-refractivity contribution in [3.05, 3.63) is 51.2 Å². The van der Waals surface area contributed by atoms with E-state index in [-0.39, 0.29) is 30.3 Å². The van der Waals surface area contributed by atoms with Gasteiger partial charge in [-0.1, -0.05) is 12.1 Å². The second-order valence-electron chi connectivity index (χ2n) is 5.82. The first-order valence-electron chi connectivity index (χ1n) is 8.44. The van der Waals surface area contributed by atoms with E-state index in [1.54, 1.807) is 26.8 Å². The van der Waals surface area contributed by atoms with Gasteiger partial charge in [-0.25, -0.2) is 9.79 Å². The van der Waals surface area contributed by atoms with Crippen molar-refractivity contribution in [2.45, 2.75) is 26.7 Å². The number of nitrogens with two attached hydrogens (primary N) is 1. The number of nitro benzene ring substituents is 1. The topological polar surface area (TPSA) is 134 Å². The molecule has 2 N–H and O–H groups in total. The van der Waals surface area contributed by atoms with E-state index in [4.69, 9.17) is 15.2 Å². The van der Waals surface area contributed by atoms with E-state index < -0.39 is 28.7 Å². The summed E-state index contributed by atoms with van der Waals surface area (Å²) in [5, 5.41) is 11.2. The first-order chi connectivity index (χ1) is 12.8. The highest BCUT2D eigenvalue weighted by molar-refractivity contribution is 6.06. The molecule has 2 atom stereocenters. The summed E-state index contributed by atoms with van der Waals surface area (Å²) < 4.78 is 10.2. The zero-order valence-corrected chi connectivity index (χ0v) is 15.3. The lowest BCUT2D eigenvalue weighted by Gasteiger charge is -2.30. The molecule has 1 aliphatic heterocycles. The number of aliphatic imine (C=N–C) groups is 1. The number of benzene rings is 1. The van der Waals surface area contributed by atoms with Crippen LogP contribution in [0, 0.1) is 16.0 Å². The maximum absolute atomic E-state index is 12.6. The van der Waals surface area contributed by atoms with E-state index in [0.717, 1.165) is 0 Å². The van der Waals surface area contributed by atoms with Gasteiger partial charge in [0, 0.05) is 18.1 Å². The molecule has 0 radical (unpaired) electrons. The van der Waals surface area contributed by atoms with Crippen molar-refractivity contribution in [1.82, 2.24) is 0 Å². The van der Waals surface area contributed by atoms with E-state index in [0.29, 0.717) is 11.3 Å². The Balaban J connectivity index is 2.67. The van der Waals surface area contributed by atoms with E-state index in [1.807, 2.05) is 0 Å². The van der Waals surface area contributed by atoms with Gasteiger partial charge in [-0.15, -0.1) is 0 Å². The maximum atomic E-state index is 12.6. The summed E-state index contributed by atoms with van der Waals surface area (Å²) in [6, 6.07) is 5.70. The van der Waals surface area contributed by atoms with Gasteiger partial charge in [0.05, 0.1) is 29.4 Å². The minimum atomic E-state index is -1.09. The summed E-state index contributed by atoms with van der Waals surface area (Å²) >= 11 is 0. The van der Waals surface area contributed by atoms with Crippen molar-refractivity contribution in [2.24, 2.45) is 16.6 Å². The van der Waals surface area contributed by atoms with Gasteiger partial charge in [-0.3, -0.25) is 14.9 Å². The van der Waals surface area contributed by atoms with Gasteiger partial charge in [0.15, 0.2) is 0 Å². The SMILES string of the molecule is CCOC(=O)C1=C(C)N=C(N)C(C(=O)OCC)[C@H]1c1cccc([N+](=O)[O-])c1. The molecule has 1 aromatic carbocycles. The number of hydrogen-bond donors (Lipinski definition) is 1. The third-order valence-corrected chi connectivity index (χ3v) is 4.13. The lowest BCUT2D eigenvalue weighted by atomic mass is 9.77. The zero-order chi connectivity index (χ0) is 20.1. The molecule has 27 heavy (non-hydrogen) atoms. The standard InChI is InChI=1S/C18H21N3O6/c1-4-26-17(22)13-10(3)20-16(19)15(18(23)27-5-2)14(13)11-7-6-8-12(9-11)21(24)25/h6-9,14-15H,4-5H2,1-3H3,(H2,19,20)/t14-,15?/m0/s1. The van der Waals surface area contributed by atoms with Crippen LogP contribution in [0.4, 0.5) is 5.69 Å². The fourth-order valence-electron chi connectivity index (χ4n) is 3.05. The Morgan fingerprint density at radius 3 is 2.52 bits per heavy atom. The molecule has 1 unspecified atom stereocenters. The second-order valence-corrected chi connectivity index (χ2v) is 5.82. The van der Waals surface area contributed by atoms with Crippen molar-refractivity contribution < 1.29 is 24.0 Å². The van der Waals surface area contributed by atoms with Gasteiger partial charge in [-0.2, -0.15) is 0 Å². The van der Waals surface area contributed by atoms with E-state index in [9.17, 15) is 19.7 Å². The van der Waals surface area contributed by atoms with Crippen LogP contribution in [0.25, 0.3) is 0 Å². The van der Waals surface area contributed by atoms with Crippen LogP contribution < -0.4 is 5.73 Å². The fraction of sp³-hybridized carbons (Fsp3) is 0.389. The number of carbonyl (C=O) groups is 2. The normalized spacial score (nSPS) is 19.3. The summed E-state index contributed by atoms with van der Waals surface area (Å²) in [5.74, 6) is -3.33. The lowest BCUT2D eigenvalue weighted by Crippen LogP contribution is -2.41. The highest BCUT2D eigenvalue weighted by Gasteiger charge is 2.43. The van der Waals surface area contributed by atoms with E-state index in [1.165, 1.54) is 18.2 Å². The number of hydrogen-bond acceptors (Lipinski definition) is 8. The average molecular weight is 375 g/mol. The molecule has 0 saturated carbocycles. The van der Waals surface area contributed by atoms with Crippen molar-refractivity contribution in [3.8, 4) is 0 Å². The van der Waals surface area contributed by atoms with Crippen LogP contribution in [-0.2, 0) is 19.1 Å². The first kappa shape index (κ1) is 20.1. The minimum Gasteiger partial charge on any atom is -0.465 e. The number of amidine groups is 1. The molecule has 144 valence electrons. The van der Waals surface area contributed by atoms with Crippen molar-refractivity contribution in [1.29, 1.82) is 0 Å². The molecule has 0 amide bonds. The van der Waals surface area contributed by atoms with Gasteiger partial charge in [0.25, 0.3) is 5.69 Å². The first-order valence-corrected chi connectivity index (χ1v) is 8.44. The Kier molecular flexibility index (Phi) is 6.27. The predicted molar refractivity (Wildman–Crippen MR) is 96.9 cm³/mol. The molecule has 0 saturated heterocycles. The Morgan fingerprint density at radius 2 is 1.93 bits per heavy atom. The Hall–Kier alpha value is -3.23. The van der Waals surface area contributed by atoms with E-state index in [2.05, 4.69) is 4.99 Å². The quantitative estimate of drug-likeness (QED) is 0.457. The molecule has 0 aromatic heterocycles. The summed E-state index contributed by atoms with van der Waals surface area (Å²) in [6.07, 6.45) is 0. The molecule has 0 aliphatic carbocycles. The molecule has 9 nitrogen and oxygen atoms in total. The number of nitro groups is 1. The predicted octanol–water partition coefficient (Wildman–Crippen LogP) is 2.07. The van der Waals surface area contributed by atoms with Crippen molar-refractivity contribution in [3.63, 3.8) is 0 Å². The molecule has 0 bridgehead atoms. The number of ether oxygens (including phenoxy) is 2. The van der Waals surface area contributed by atoms with Crippen LogP contribution in [0.1, 0.15) is 32.3 Å². The van der Waals surface area contributed by atoms with Gasteiger partial charge >= 0.3 is 11.9 Å². The number of carbonyl (C=O) groups excluding carboxylic acids is 2. The third-order valence-electron chi connectivity index (χ3n) is 4.13. The van der Waals surface area contributed by atoms with Crippen LogP contribution in [0.2, 0.25) is 0 Å². The third kappa shape index (κ3) is 4.13. The largest absolute Gasteiger partial charge is 0.465 e. The fourth-order valence-corrected chi connectivity index (χ4v) is 3.05. The Bertz CT molecular complexity index is 830. The molecule has 1 aliphatic rings. The van der Waals surface area contributed by atoms with Gasteiger partial charge < -0.3 is 15.2 Å². The zero-order valence-electron chi connectivity index (χ0n) is 15.3. The van der Waals surface area contributed by atoms with E-state index >= 15 is 0 Å². The summed E-state index contributed by atoms with van der Waals surface area (Å²) in [4.78, 5) is 39.9. The molecule has 0 fully saturated rings. The van der Waals surface area contributed by atoms with Crippen molar-refractivity contribution in [2.75, 3.05) is 13.2 Å². The van der Waals surface area contributed by atoms with Crippen LogP contribution in [0.3, 0.4) is 0 Å². The number of allylic oxidation sites excluding steroid dienone is 1. The molecule has 1 aromatic rings. The monoisotopic (exact) mass is 375 g/mol. The Labute approximate surface area is 156 Å². The van der Waals surface area contributed by atoms with Gasteiger partial charge in [-0.05, 0) is 26.3 Å². The van der Waals surface area contributed by atoms with Gasteiger partial charge in [0.1, 0.15) is 11.8 Å². The second kappa shape index (κ2) is 8.43. The lowest BCUT2D eigenvalue weighted by molar-refractivity contribution is -0.384. The number of non-ortho nitro benzene ring substituents is 1. The van der Waals surface area contributed by atoms with Crippen LogP contribution in [0.5, 0.6) is 0 Å². The molecular weight excluding hydrogens is 354 g/mol. The minimum absolute atomic E-state index is 0.0181. The number of rotatable bonds is 6. The highest BCUT2D eigenvalue weighted by Crippen LogP contribution is 2.40. The van der Waals surface area contributed by atoms with Crippen molar-refractivity contribution >= 4 is 23.5 Å². The molecule has 2 rings (SSSR count). The number of nitrogens with zero attached hydrogens (tertiary/aromatic N) is 2. The van der Waals surface area contributed by atoms with Gasteiger partial charge in [0.2, 0.25) is 0 Å². The van der Waals surface area contributed by atoms with Crippen LogP contribution in [-0.4, -0.2) is 35.9 Å².